The summed E-state index contributed by atoms with van der Waals surface area (Å²) >= 11 is 0. The Labute approximate surface area is 189 Å². The number of urea groups is 1. The van der Waals surface area contributed by atoms with Crippen LogP contribution in [-0.4, -0.2) is 61.2 Å². The number of carboxylic acids is 1. The summed E-state index contributed by atoms with van der Waals surface area (Å²) in [5.74, 6) is -2.04. The van der Waals surface area contributed by atoms with E-state index in [1.807, 2.05) is 19.0 Å². The zero-order valence-corrected chi connectivity index (χ0v) is 18.4. The summed E-state index contributed by atoms with van der Waals surface area (Å²) in [6, 6.07) is 7.24. The fourth-order valence-electron chi connectivity index (χ4n) is 2.96. The molecule has 2 heterocycles. The molecule has 0 bridgehead atoms. The van der Waals surface area contributed by atoms with Crippen LogP contribution in [0.15, 0.2) is 40.4 Å². The first kappa shape index (κ1) is 23.4. The topological polar surface area (TPSA) is 139 Å². The van der Waals surface area contributed by atoms with Crippen LogP contribution in [0.3, 0.4) is 0 Å². The zero-order chi connectivity index (χ0) is 24.3. The third kappa shape index (κ3) is 5.14. The van der Waals surface area contributed by atoms with Gasteiger partial charge < -0.3 is 29.2 Å². The molecule has 1 saturated heterocycles. The number of carbonyl (C=O) groups excluding carboxylic acids is 3. The second kappa shape index (κ2) is 9.47. The molecular formula is C22H23N3O8. The number of carboxylic acid groups (broad SMARTS) is 1. The van der Waals surface area contributed by atoms with Crippen molar-refractivity contribution in [1.82, 2.24) is 10.2 Å². The van der Waals surface area contributed by atoms with Gasteiger partial charge in [-0.1, -0.05) is 0 Å². The molecule has 1 atom stereocenters. The van der Waals surface area contributed by atoms with Gasteiger partial charge in [-0.05, 0) is 37.3 Å². The highest BCUT2D eigenvalue weighted by Crippen LogP contribution is 2.29. The minimum Gasteiger partial charge on any atom is -0.479 e. The molecule has 0 unspecified atom stereocenters. The molecular weight excluding hydrogens is 434 g/mol. The zero-order valence-electron chi connectivity index (χ0n) is 18.4. The smallest absolute Gasteiger partial charge is 0.373 e. The van der Waals surface area contributed by atoms with Gasteiger partial charge in [-0.15, -0.1) is 0 Å². The lowest BCUT2D eigenvalue weighted by molar-refractivity contribution is -0.144. The Morgan fingerprint density at radius 3 is 2.61 bits per heavy atom. The molecule has 2 aromatic rings. The number of ether oxygens (including phenoxy) is 2. The molecule has 1 fully saturated rings. The van der Waals surface area contributed by atoms with Crippen molar-refractivity contribution in [2.75, 3.05) is 26.1 Å². The van der Waals surface area contributed by atoms with Crippen molar-refractivity contribution in [3.63, 3.8) is 0 Å². The van der Waals surface area contributed by atoms with Crippen molar-refractivity contribution < 1.29 is 38.2 Å². The van der Waals surface area contributed by atoms with Crippen molar-refractivity contribution in [3.8, 4) is 5.75 Å². The van der Waals surface area contributed by atoms with Gasteiger partial charge in [-0.2, -0.15) is 0 Å². The van der Waals surface area contributed by atoms with Crippen LogP contribution in [0.25, 0.3) is 6.08 Å². The van der Waals surface area contributed by atoms with Gasteiger partial charge >= 0.3 is 18.0 Å². The summed E-state index contributed by atoms with van der Waals surface area (Å²) in [6.07, 6.45) is 0.277. The standard InChI is InChI=1S/C22H23N3O8/c1-12(20(27)28)32-18-10-14(24(2)3)6-5-13(18)9-16-19(26)25(22(30)23-16)11-15-7-8-17(33-15)21(29)31-4/h5-10,12H,11H2,1-4H3,(H,23,30)(H,27,28)/b16-9-/t12-/m1/s1. The number of nitrogens with one attached hydrogen (secondary N) is 1. The molecule has 2 N–H and O–H groups in total. The minimum absolute atomic E-state index is 0.0230. The molecule has 3 amide bonds. The minimum atomic E-state index is -1.15. The summed E-state index contributed by atoms with van der Waals surface area (Å²) in [4.78, 5) is 50.7. The molecule has 1 aliphatic rings. The Balaban J connectivity index is 1.86. The SMILES string of the molecule is COC(=O)c1ccc(CN2C(=O)N/C(=C\c3ccc(N(C)C)cc3O[C@H](C)C(=O)O)C2=O)o1. The van der Waals surface area contributed by atoms with Crippen molar-refractivity contribution in [3.05, 3.63) is 53.1 Å². The van der Waals surface area contributed by atoms with Crippen LogP contribution in [-0.2, 0) is 20.9 Å². The van der Waals surface area contributed by atoms with Crippen LogP contribution in [0.4, 0.5) is 10.5 Å². The summed E-state index contributed by atoms with van der Waals surface area (Å²) in [5.41, 5.74) is 1.14. The van der Waals surface area contributed by atoms with E-state index in [4.69, 9.17) is 9.15 Å². The number of rotatable bonds is 8. The lowest BCUT2D eigenvalue weighted by Crippen LogP contribution is -2.30. The van der Waals surface area contributed by atoms with E-state index in [0.717, 1.165) is 10.6 Å². The fraction of sp³-hybridized carbons (Fsp3) is 0.273. The highest BCUT2D eigenvalue weighted by atomic mass is 16.5. The monoisotopic (exact) mass is 457 g/mol. The number of amides is 3. The molecule has 1 aromatic carbocycles. The first-order valence-corrected chi connectivity index (χ1v) is 9.83. The number of hydrogen-bond donors (Lipinski definition) is 2. The average Bonchev–Trinajstić information content (AvgIpc) is 3.34. The van der Waals surface area contributed by atoms with E-state index in [1.54, 1.807) is 18.2 Å². The lowest BCUT2D eigenvalue weighted by Gasteiger charge is -2.18. The fourth-order valence-corrected chi connectivity index (χ4v) is 2.96. The molecule has 0 aliphatic carbocycles. The molecule has 0 radical (unpaired) electrons. The molecule has 1 aromatic heterocycles. The van der Waals surface area contributed by atoms with Crippen LogP contribution >= 0.6 is 0 Å². The maximum absolute atomic E-state index is 12.8. The van der Waals surface area contributed by atoms with Crippen LogP contribution in [0, 0.1) is 0 Å². The Morgan fingerprint density at radius 2 is 1.97 bits per heavy atom. The maximum atomic E-state index is 12.8. The molecule has 0 spiro atoms. The highest BCUT2D eigenvalue weighted by molar-refractivity contribution is 6.14. The van der Waals surface area contributed by atoms with E-state index >= 15 is 0 Å². The normalized spacial score (nSPS) is 15.4. The quantitative estimate of drug-likeness (QED) is 0.346. The number of hydrogen-bond acceptors (Lipinski definition) is 8. The van der Waals surface area contributed by atoms with E-state index in [1.165, 1.54) is 32.2 Å². The van der Waals surface area contributed by atoms with Crippen LogP contribution in [0.5, 0.6) is 5.75 Å². The first-order chi connectivity index (χ1) is 15.6. The Hall–Kier alpha value is -4.28. The molecule has 3 rings (SSSR count). The first-order valence-electron chi connectivity index (χ1n) is 9.83. The maximum Gasteiger partial charge on any atom is 0.373 e. The molecule has 33 heavy (non-hydrogen) atoms. The predicted molar refractivity (Wildman–Crippen MR) is 116 cm³/mol. The van der Waals surface area contributed by atoms with Gasteiger partial charge in [0.1, 0.15) is 17.2 Å². The Kier molecular flexibility index (Phi) is 6.71. The van der Waals surface area contributed by atoms with E-state index in [2.05, 4.69) is 10.1 Å². The number of nitrogens with zero attached hydrogens (tertiary/aromatic N) is 2. The van der Waals surface area contributed by atoms with Gasteiger partial charge in [0, 0.05) is 31.4 Å². The van der Waals surface area contributed by atoms with Gasteiger partial charge in [0.05, 0.1) is 13.7 Å². The third-order valence-electron chi connectivity index (χ3n) is 4.79. The van der Waals surface area contributed by atoms with Crippen molar-refractivity contribution in [2.24, 2.45) is 0 Å². The molecule has 11 heteroatoms. The number of carbonyl (C=O) groups is 4. The van der Waals surface area contributed by atoms with Gasteiger partial charge in [0.25, 0.3) is 5.91 Å². The summed E-state index contributed by atoms with van der Waals surface area (Å²) in [5, 5.41) is 11.7. The largest absolute Gasteiger partial charge is 0.479 e. The number of furan rings is 1. The third-order valence-corrected chi connectivity index (χ3v) is 4.79. The molecule has 11 nitrogen and oxygen atoms in total. The van der Waals surface area contributed by atoms with Crippen LogP contribution in [0.2, 0.25) is 0 Å². The van der Waals surface area contributed by atoms with Gasteiger partial charge in [-0.3, -0.25) is 9.69 Å². The van der Waals surface area contributed by atoms with Crippen molar-refractivity contribution in [2.45, 2.75) is 19.6 Å². The van der Waals surface area contributed by atoms with E-state index in [0.29, 0.717) is 5.56 Å². The number of aliphatic carboxylic acids is 1. The number of methoxy groups -OCH3 is 1. The predicted octanol–water partition coefficient (Wildman–Crippen LogP) is 2.08. The second-order valence-corrected chi connectivity index (χ2v) is 7.35. The number of benzene rings is 1. The van der Waals surface area contributed by atoms with Gasteiger partial charge in [0.15, 0.2) is 6.10 Å². The van der Waals surface area contributed by atoms with Gasteiger partial charge in [-0.25, -0.2) is 14.4 Å². The average molecular weight is 457 g/mol. The van der Waals surface area contributed by atoms with Crippen LogP contribution in [0.1, 0.15) is 28.8 Å². The summed E-state index contributed by atoms with van der Waals surface area (Å²) in [6.45, 7) is 1.19. The molecule has 0 saturated carbocycles. The number of esters is 1. The Morgan fingerprint density at radius 1 is 1.24 bits per heavy atom. The van der Waals surface area contributed by atoms with Gasteiger partial charge in [0.2, 0.25) is 5.76 Å². The van der Waals surface area contributed by atoms with E-state index in [9.17, 15) is 24.3 Å². The number of anilines is 1. The lowest BCUT2D eigenvalue weighted by atomic mass is 10.1. The van der Waals surface area contributed by atoms with E-state index < -0.39 is 30.0 Å². The summed E-state index contributed by atoms with van der Waals surface area (Å²) in [7, 11) is 4.84. The van der Waals surface area contributed by atoms with Crippen molar-refractivity contribution in [1.29, 1.82) is 0 Å². The molecule has 174 valence electrons. The van der Waals surface area contributed by atoms with Crippen molar-refractivity contribution >= 4 is 35.6 Å². The Bertz CT molecular complexity index is 1130. The second-order valence-electron chi connectivity index (χ2n) is 7.35. The number of imide groups is 1. The molecule has 1 aliphatic heterocycles. The summed E-state index contributed by atoms with van der Waals surface area (Å²) < 4.78 is 15.5. The van der Waals surface area contributed by atoms with E-state index in [-0.39, 0.29) is 29.5 Å². The van der Waals surface area contributed by atoms with Crippen LogP contribution < -0.4 is 15.0 Å². The highest BCUT2D eigenvalue weighted by Gasteiger charge is 2.34.